The van der Waals surface area contributed by atoms with Crippen molar-refractivity contribution in [2.45, 2.75) is 28.7 Å². The van der Waals surface area contributed by atoms with Crippen LogP contribution >= 0.6 is 28.3 Å². The first-order valence-corrected chi connectivity index (χ1v) is 10.6. The Labute approximate surface area is 145 Å². The highest BCUT2D eigenvalue weighted by atomic mass is 79.9. The van der Waals surface area contributed by atoms with E-state index >= 15 is 0 Å². The molecule has 1 atom stereocenters. The van der Waals surface area contributed by atoms with Crippen LogP contribution in [0.2, 0.25) is 0 Å². The second-order valence-electron chi connectivity index (χ2n) is 5.01. The maximum absolute atomic E-state index is 12.3. The molecular weight excluding hydrogens is 416 g/mol. The summed E-state index contributed by atoms with van der Waals surface area (Å²) in [6, 6.07) is 4.04. The Balaban J connectivity index is 0.00000242. The van der Waals surface area contributed by atoms with Crippen molar-refractivity contribution in [2.24, 2.45) is 0 Å². The molecule has 1 unspecified atom stereocenters. The lowest BCUT2D eigenvalue weighted by molar-refractivity contribution is 0.551. The molecule has 0 aromatic heterocycles. The summed E-state index contributed by atoms with van der Waals surface area (Å²) in [4.78, 5) is 0.110. The van der Waals surface area contributed by atoms with Crippen molar-refractivity contribution < 1.29 is 16.8 Å². The fourth-order valence-electron chi connectivity index (χ4n) is 2.15. The fraction of sp³-hybridized carbons (Fsp3) is 0.500. The number of halogens is 2. The van der Waals surface area contributed by atoms with Gasteiger partial charge < -0.3 is 5.32 Å². The van der Waals surface area contributed by atoms with Gasteiger partial charge in [-0.3, -0.25) is 0 Å². The van der Waals surface area contributed by atoms with Crippen LogP contribution in [0, 0.1) is 0 Å². The molecule has 10 heteroatoms. The van der Waals surface area contributed by atoms with E-state index in [9.17, 15) is 16.8 Å². The summed E-state index contributed by atoms with van der Waals surface area (Å²) < 4.78 is 50.2. The van der Waals surface area contributed by atoms with Gasteiger partial charge in [0.25, 0.3) is 0 Å². The van der Waals surface area contributed by atoms with Crippen LogP contribution in [-0.4, -0.2) is 42.2 Å². The number of sulfonamides is 1. The van der Waals surface area contributed by atoms with Gasteiger partial charge in [-0.2, -0.15) is 0 Å². The molecule has 1 fully saturated rings. The molecule has 0 radical (unpaired) electrons. The lowest BCUT2D eigenvalue weighted by Crippen LogP contribution is -2.37. The first-order chi connectivity index (χ1) is 9.70. The number of benzene rings is 1. The highest BCUT2D eigenvalue weighted by Crippen LogP contribution is 2.25. The Morgan fingerprint density at radius 1 is 1.32 bits per heavy atom. The minimum atomic E-state index is -3.67. The summed E-state index contributed by atoms with van der Waals surface area (Å²) in [5, 5.41) is 3.21. The molecule has 6 nitrogen and oxygen atoms in total. The molecule has 0 amide bonds. The summed E-state index contributed by atoms with van der Waals surface area (Å²) in [5.41, 5.74) is 0. The van der Waals surface area contributed by atoms with Crippen LogP contribution in [0.25, 0.3) is 0 Å². The van der Waals surface area contributed by atoms with E-state index in [1.165, 1.54) is 18.2 Å². The average Bonchev–Trinajstić information content (AvgIpc) is 2.88. The molecular formula is C12H18BrClN2O4S2. The maximum atomic E-state index is 12.3. The zero-order chi connectivity index (χ0) is 15.7. The third-order valence-electron chi connectivity index (χ3n) is 3.30. The normalized spacial score (nSPS) is 18.9. The first-order valence-electron chi connectivity index (χ1n) is 6.43. The Morgan fingerprint density at radius 2 is 2.00 bits per heavy atom. The second-order valence-corrected chi connectivity index (χ2v) is 9.62. The average molecular weight is 434 g/mol. The van der Waals surface area contributed by atoms with Gasteiger partial charge in [0.2, 0.25) is 10.0 Å². The van der Waals surface area contributed by atoms with Crippen molar-refractivity contribution in [3.63, 3.8) is 0 Å². The predicted octanol–water partition coefficient (Wildman–Crippen LogP) is 1.30. The molecule has 0 aliphatic carbocycles. The van der Waals surface area contributed by atoms with Gasteiger partial charge in [-0.1, -0.05) is 0 Å². The summed E-state index contributed by atoms with van der Waals surface area (Å²) in [5.74, 6) is 0. The number of rotatable bonds is 5. The summed E-state index contributed by atoms with van der Waals surface area (Å²) in [7, 11) is -7.04. The van der Waals surface area contributed by atoms with Crippen molar-refractivity contribution in [2.75, 3.05) is 19.3 Å². The second kappa shape index (κ2) is 7.59. The third kappa shape index (κ3) is 4.90. The number of sulfone groups is 1. The van der Waals surface area contributed by atoms with Gasteiger partial charge in [-0.15, -0.1) is 12.4 Å². The molecule has 0 bridgehead atoms. The molecule has 1 aliphatic heterocycles. The van der Waals surface area contributed by atoms with E-state index in [0.29, 0.717) is 6.54 Å². The van der Waals surface area contributed by atoms with Gasteiger partial charge in [0.05, 0.1) is 9.79 Å². The predicted molar refractivity (Wildman–Crippen MR) is 90.7 cm³/mol. The van der Waals surface area contributed by atoms with E-state index in [2.05, 4.69) is 26.0 Å². The van der Waals surface area contributed by atoms with Gasteiger partial charge in [-0.25, -0.2) is 21.6 Å². The van der Waals surface area contributed by atoms with Crippen molar-refractivity contribution in [3.8, 4) is 0 Å². The Kier molecular flexibility index (Phi) is 6.85. The van der Waals surface area contributed by atoms with E-state index in [-0.39, 0.29) is 32.7 Å². The van der Waals surface area contributed by atoms with Crippen molar-refractivity contribution in [3.05, 3.63) is 22.7 Å². The molecule has 0 spiro atoms. The molecule has 126 valence electrons. The number of nitrogens with one attached hydrogen (secondary N) is 2. The SMILES string of the molecule is CS(=O)(=O)c1ccc(S(=O)(=O)NCC2CCCN2)c(Br)c1.Cl. The van der Waals surface area contributed by atoms with Crippen LogP contribution in [0.1, 0.15) is 12.8 Å². The molecule has 1 saturated heterocycles. The van der Waals surface area contributed by atoms with Gasteiger partial charge in [-0.05, 0) is 53.5 Å². The van der Waals surface area contributed by atoms with Crippen LogP contribution in [0.4, 0.5) is 0 Å². The molecule has 22 heavy (non-hydrogen) atoms. The Hall–Kier alpha value is -0.190. The van der Waals surface area contributed by atoms with Gasteiger partial charge in [0.15, 0.2) is 9.84 Å². The van der Waals surface area contributed by atoms with E-state index in [1.54, 1.807) is 0 Å². The van der Waals surface area contributed by atoms with Gasteiger partial charge in [0, 0.05) is 23.3 Å². The van der Waals surface area contributed by atoms with Gasteiger partial charge in [0.1, 0.15) is 0 Å². The fourth-order valence-corrected chi connectivity index (χ4v) is 5.10. The maximum Gasteiger partial charge on any atom is 0.241 e. The van der Waals surface area contributed by atoms with Crippen LogP contribution < -0.4 is 10.0 Å². The minimum absolute atomic E-state index is 0. The highest BCUT2D eigenvalue weighted by Gasteiger charge is 2.22. The molecule has 0 saturated carbocycles. The van der Waals surface area contributed by atoms with E-state index in [1.807, 2.05) is 0 Å². The van der Waals surface area contributed by atoms with Crippen molar-refractivity contribution in [1.82, 2.24) is 10.0 Å². The Morgan fingerprint density at radius 3 is 2.50 bits per heavy atom. The van der Waals surface area contributed by atoms with Crippen LogP contribution in [0.5, 0.6) is 0 Å². The third-order valence-corrected chi connectivity index (χ3v) is 6.81. The minimum Gasteiger partial charge on any atom is -0.313 e. The monoisotopic (exact) mass is 432 g/mol. The topological polar surface area (TPSA) is 92.3 Å². The summed E-state index contributed by atoms with van der Waals surface area (Å²) >= 11 is 3.13. The molecule has 2 N–H and O–H groups in total. The molecule has 2 rings (SSSR count). The lowest BCUT2D eigenvalue weighted by atomic mass is 10.2. The first kappa shape index (κ1) is 19.9. The van der Waals surface area contributed by atoms with Crippen LogP contribution in [0.3, 0.4) is 0 Å². The molecule has 1 aliphatic rings. The summed E-state index contributed by atoms with van der Waals surface area (Å²) in [6.07, 6.45) is 3.06. The van der Waals surface area contributed by atoms with E-state index < -0.39 is 19.9 Å². The quantitative estimate of drug-likeness (QED) is 0.730. The van der Waals surface area contributed by atoms with E-state index in [0.717, 1.165) is 25.6 Å². The largest absolute Gasteiger partial charge is 0.313 e. The van der Waals surface area contributed by atoms with Crippen molar-refractivity contribution >= 4 is 48.2 Å². The number of hydrogen-bond acceptors (Lipinski definition) is 5. The zero-order valence-electron chi connectivity index (χ0n) is 11.9. The standard InChI is InChI=1S/C12H17BrN2O4S2.ClH/c1-20(16,17)10-4-5-12(11(13)7-10)21(18,19)15-8-9-3-2-6-14-9;/h4-5,7,9,14-15H,2-3,6,8H2,1H3;1H. The summed E-state index contributed by atoms with van der Waals surface area (Å²) in [6.45, 7) is 1.22. The zero-order valence-corrected chi connectivity index (χ0v) is 15.9. The van der Waals surface area contributed by atoms with Gasteiger partial charge >= 0.3 is 0 Å². The highest BCUT2D eigenvalue weighted by molar-refractivity contribution is 9.10. The van der Waals surface area contributed by atoms with Crippen LogP contribution in [0.15, 0.2) is 32.5 Å². The number of hydrogen-bond donors (Lipinski definition) is 2. The lowest BCUT2D eigenvalue weighted by Gasteiger charge is -2.13. The molecule has 1 heterocycles. The van der Waals surface area contributed by atoms with E-state index in [4.69, 9.17) is 0 Å². The molecule has 1 aromatic rings. The smallest absolute Gasteiger partial charge is 0.241 e. The molecule has 1 aromatic carbocycles. The van der Waals surface area contributed by atoms with Crippen molar-refractivity contribution in [1.29, 1.82) is 0 Å². The Bertz CT molecular complexity index is 731. The van der Waals surface area contributed by atoms with Crippen LogP contribution in [-0.2, 0) is 19.9 Å².